The number of benzene rings is 7. The van der Waals surface area contributed by atoms with E-state index in [0.29, 0.717) is 0 Å². The summed E-state index contributed by atoms with van der Waals surface area (Å²) in [5.74, 6) is 0. The number of aromatic nitrogens is 2. The minimum absolute atomic E-state index is 0.0349. The highest BCUT2D eigenvalue weighted by Gasteiger charge is 2.44. The molecule has 0 amide bonds. The van der Waals surface area contributed by atoms with Gasteiger partial charge in [0.25, 0.3) is 0 Å². The number of nitrogens with zero attached hydrogens (tertiary/aromatic N) is 3. The Morgan fingerprint density at radius 2 is 0.969 bits per heavy atom. The molecule has 0 saturated carbocycles. The van der Waals surface area contributed by atoms with Gasteiger partial charge in [0.2, 0.25) is 0 Å². The van der Waals surface area contributed by atoms with Gasteiger partial charge in [-0.2, -0.15) is 0 Å². The van der Waals surface area contributed by atoms with Crippen molar-refractivity contribution in [3.05, 3.63) is 156 Å². The highest BCUT2D eigenvalue weighted by atomic mass is 16.3. The van der Waals surface area contributed by atoms with Gasteiger partial charge in [0.05, 0.1) is 22.1 Å². The van der Waals surface area contributed by atoms with E-state index in [9.17, 15) is 0 Å². The molecular formula is C58H58BN3O2. The molecule has 0 N–H and O–H groups in total. The molecule has 0 bridgehead atoms. The molecule has 2 aliphatic rings. The lowest BCUT2D eigenvalue weighted by atomic mass is 9.44. The van der Waals surface area contributed by atoms with Crippen molar-refractivity contribution >= 4 is 79.2 Å². The lowest BCUT2D eigenvalue weighted by Gasteiger charge is -2.43. The Balaban J connectivity index is 1.32. The summed E-state index contributed by atoms with van der Waals surface area (Å²) in [5.41, 5.74) is 21.8. The molecule has 2 aromatic heterocycles. The molecule has 0 spiro atoms. The van der Waals surface area contributed by atoms with Gasteiger partial charge in [-0.25, -0.2) is 0 Å². The molecule has 0 radical (unpaired) electrons. The summed E-state index contributed by atoms with van der Waals surface area (Å²) in [6.07, 6.45) is 0. The van der Waals surface area contributed by atoms with Crippen molar-refractivity contribution in [1.82, 2.24) is 9.05 Å². The zero-order valence-electron chi connectivity index (χ0n) is 39.4. The second-order valence-corrected chi connectivity index (χ2v) is 22.4. The van der Waals surface area contributed by atoms with Crippen molar-refractivity contribution in [3.8, 4) is 16.8 Å². The number of rotatable bonds is 2. The molecule has 0 saturated heterocycles. The zero-order valence-corrected chi connectivity index (χ0v) is 39.4. The smallest absolute Gasteiger partial charge is 0.333 e. The van der Waals surface area contributed by atoms with E-state index in [1.165, 1.54) is 55.7 Å². The Kier molecular flexibility index (Phi) is 8.56. The highest BCUT2D eigenvalue weighted by molar-refractivity contribution is 6.89. The molecule has 0 unspecified atom stereocenters. The van der Waals surface area contributed by atoms with Crippen LogP contribution in [0.15, 0.2) is 142 Å². The number of anilines is 3. The summed E-state index contributed by atoms with van der Waals surface area (Å²) in [6.45, 7) is 27.6. The van der Waals surface area contributed by atoms with Crippen molar-refractivity contribution < 1.29 is 8.83 Å². The van der Waals surface area contributed by atoms with Crippen LogP contribution in [-0.4, -0.2) is 15.9 Å². The van der Waals surface area contributed by atoms with E-state index in [1.54, 1.807) is 0 Å². The van der Waals surface area contributed by atoms with Crippen LogP contribution in [-0.2, 0) is 21.7 Å². The van der Waals surface area contributed by atoms with Crippen molar-refractivity contribution in [2.45, 2.75) is 105 Å². The Bertz CT molecular complexity index is 3420. The van der Waals surface area contributed by atoms with E-state index in [-0.39, 0.29) is 28.5 Å². The Morgan fingerprint density at radius 3 is 1.66 bits per heavy atom. The third kappa shape index (κ3) is 6.19. The SMILES string of the molecule is CC(C)(C)c1ccc(N2c3cc(C(C)(C)C)ccc3B3c4c(cc(C(C)(C)C)cc42)-c2cc(C(C)(C)C)cc4oc5cc6c(cc5n3c24)oc2ccccc2n6-c2ccccc2)cc1. The molecule has 0 atom stereocenters. The van der Waals surface area contributed by atoms with Crippen LogP contribution >= 0.6 is 0 Å². The fraction of sp³-hybridized carbons (Fsp3) is 0.276. The van der Waals surface area contributed by atoms with Crippen LogP contribution in [0.5, 0.6) is 0 Å². The standard InChI is InChI=1S/C58H58BN3O2/c1-55(2,3)35-22-25-40(26-23-35)61-45-30-36(56(4,5)6)24-27-43(45)59-53-41(28-37(31-48(53)61)57(7,8)9)42-29-38(58(10,11)12)32-52-54(42)62(59)47-34-50-46(33-51(47)64-52)60(39-18-14-13-15-19-39)44-20-16-17-21-49(44)63-50/h13-34H,1-12H3. The summed E-state index contributed by atoms with van der Waals surface area (Å²) in [5, 5.41) is 0. The predicted octanol–water partition coefficient (Wildman–Crippen LogP) is 14.8. The summed E-state index contributed by atoms with van der Waals surface area (Å²) < 4.78 is 19.1. The summed E-state index contributed by atoms with van der Waals surface area (Å²) >= 11 is 0. The third-order valence-corrected chi connectivity index (χ3v) is 13.8. The van der Waals surface area contributed by atoms with Crippen molar-refractivity contribution in [1.29, 1.82) is 0 Å². The second-order valence-electron chi connectivity index (χ2n) is 22.4. The van der Waals surface area contributed by atoms with Gasteiger partial charge in [0.1, 0.15) is 0 Å². The molecule has 320 valence electrons. The molecular weight excluding hydrogens is 781 g/mol. The average Bonchev–Trinajstić information content (AvgIpc) is 3.24. The van der Waals surface area contributed by atoms with Crippen LogP contribution in [0.2, 0.25) is 0 Å². The van der Waals surface area contributed by atoms with Crippen LogP contribution in [0.25, 0.3) is 61.2 Å². The fourth-order valence-electron chi connectivity index (χ4n) is 10.1. The van der Waals surface area contributed by atoms with Crippen LogP contribution in [0.4, 0.5) is 17.1 Å². The third-order valence-electron chi connectivity index (χ3n) is 13.8. The van der Waals surface area contributed by atoms with Crippen LogP contribution < -0.4 is 15.8 Å². The number of fused-ring (bicyclic) bond motifs is 8. The van der Waals surface area contributed by atoms with Gasteiger partial charge < -0.3 is 22.8 Å². The van der Waals surface area contributed by atoms with Gasteiger partial charge in [0, 0.05) is 40.4 Å². The molecule has 6 heteroatoms. The molecule has 64 heavy (non-hydrogen) atoms. The Morgan fingerprint density at radius 1 is 0.406 bits per heavy atom. The quantitative estimate of drug-likeness (QED) is 0.129. The van der Waals surface area contributed by atoms with Crippen molar-refractivity contribution in [2.24, 2.45) is 0 Å². The number of hydrogen-bond donors (Lipinski definition) is 0. The minimum atomic E-state index is -0.165. The normalized spacial score (nSPS) is 13.9. The lowest BCUT2D eigenvalue weighted by Crippen LogP contribution is -2.57. The monoisotopic (exact) mass is 839 g/mol. The maximum Gasteiger partial charge on any atom is 0.333 e. The molecule has 7 aromatic carbocycles. The van der Waals surface area contributed by atoms with E-state index in [1.807, 2.05) is 6.07 Å². The van der Waals surface area contributed by atoms with E-state index < -0.39 is 0 Å². The second kappa shape index (κ2) is 13.6. The van der Waals surface area contributed by atoms with Gasteiger partial charge >= 0.3 is 6.85 Å². The van der Waals surface area contributed by atoms with Crippen LogP contribution in [0, 0.1) is 0 Å². The summed E-state index contributed by atoms with van der Waals surface area (Å²) in [6, 6.07) is 49.6. The first-order valence-electron chi connectivity index (χ1n) is 23.0. The summed E-state index contributed by atoms with van der Waals surface area (Å²) in [4.78, 5) is 2.56. The van der Waals surface area contributed by atoms with Gasteiger partial charge in [-0.1, -0.05) is 144 Å². The van der Waals surface area contributed by atoms with E-state index >= 15 is 0 Å². The van der Waals surface area contributed by atoms with Crippen molar-refractivity contribution in [2.75, 3.05) is 4.90 Å². The summed E-state index contributed by atoms with van der Waals surface area (Å²) in [7, 11) is 0. The van der Waals surface area contributed by atoms with Gasteiger partial charge in [0.15, 0.2) is 22.3 Å². The first kappa shape index (κ1) is 40.4. The predicted molar refractivity (Wildman–Crippen MR) is 271 cm³/mol. The van der Waals surface area contributed by atoms with E-state index in [0.717, 1.165) is 55.8 Å². The van der Waals surface area contributed by atoms with Gasteiger partial charge in [-0.15, -0.1) is 0 Å². The maximum absolute atomic E-state index is 7.30. The van der Waals surface area contributed by atoms with E-state index in [2.05, 4.69) is 224 Å². The first-order chi connectivity index (χ1) is 30.3. The van der Waals surface area contributed by atoms with Gasteiger partial charge in [-0.05, 0) is 121 Å². The minimum Gasteiger partial charge on any atom is -0.453 e. The number of hydrogen-bond acceptors (Lipinski definition) is 3. The van der Waals surface area contributed by atoms with Crippen LogP contribution in [0.3, 0.4) is 0 Å². The topological polar surface area (TPSA) is 39.4 Å². The zero-order chi connectivity index (χ0) is 44.8. The highest BCUT2D eigenvalue weighted by Crippen LogP contribution is 2.48. The molecule has 0 aliphatic carbocycles. The molecule has 5 nitrogen and oxygen atoms in total. The number of para-hydroxylation sites is 3. The Labute approximate surface area is 377 Å². The largest absolute Gasteiger partial charge is 0.453 e. The van der Waals surface area contributed by atoms with E-state index in [4.69, 9.17) is 8.83 Å². The molecule has 2 aliphatic heterocycles. The van der Waals surface area contributed by atoms with Gasteiger partial charge in [-0.3, -0.25) is 0 Å². The lowest BCUT2D eigenvalue weighted by molar-refractivity contribution is 0.586. The van der Waals surface area contributed by atoms with Crippen LogP contribution in [0.1, 0.15) is 105 Å². The molecule has 11 rings (SSSR count). The maximum atomic E-state index is 7.30. The Hall–Kier alpha value is -6.40. The molecule has 4 heterocycles. The fourth-order valence-corrected chi connectivity index (χ4v) is 10.1. The first-order valence-corrected chi connectivity index (χ1v) is 23.0. The molecule has 9 aromatic rings. The van der Waals surface area contributed by atoms with Crippen molar-refractivity contribution in [3.63, 3.8) is 0 Å². The molecule has 0 fully saturated rings. The average molecular weight is 840 g/mol.